The molecule has 0 aliphatic rings. The van der Waals surface area contributed by atoms with Crippen LogP contribution in [0.25, 0.3) is 0 Å². The van der Waals surface area contributed by atoms with Crippen molar-refractivity contribution < 1.29 is 9.90 Å². The van der Waals surface area contributed by atoms with Gasteiger partial charge in [-0.15, -0.1) is 0 Å². The van der Waals surface area contributed by atoms with Gasteiger partial charge in [0.05, 0.1) is 0 Å². The summed E-state index contributed by atoms with van der Waals surface area (Å²) in [4.78, 5) is 13.3. The highest BCUT2D eigenvalue weighted by Gasteiger charge is 2.12. The smallest absolute Gasteiger partial charge is 0.354 e. The van der Waals surface area contributed by atoms with Crippen LogP contribution in [0.4, 0.5) is 0 Å². The van der Waals surface area contributed by atoms with E-state index in [1.165, 1.54) is 6.20 Å². The topological polar surface area (TPSA) is 58.0 Å². The molecule has 1 aromatic rings. The molecule has 0 aliphatic heterocycles. The molecule has 1 heterocycles. The maximum absolute atomic E-state index is 10.7. The van der Waals surface area contributed by atoms with E-state index < -0.39 is 5.97 Å². The molecule has 12 heavy (non-hydrogen) atoms. The number of hydrogen-bond donors (Lipinski definition) is 2. The van der Waals surface area contributed by atoms with E-state index in [2.05, 4.69) is 4.98 Å². The van der Waals surface area contributed by atoms with E-state index in [9.17, 15) is 4.79 Å². The second-order valence-corrected chi connectivity index (χ2v) is 3.13. The lowest BCUT2D eigenvalue weighted by molar-refractivity contribution is 0.0683. The van der Waals surface area contributed by atoms with Gasteiger partial charge in [-0.25, -0.2) is 4.79 Å². The molecule has 1 aromatic heterocycles. The summed E-state index contributed by atoms with van der Waals surface area (Å²) < 4.78 is 2.01. The maximum atomic E-state index is 10.7. The number of aromatic carboxylic acids is 1. The lowest BCUT2D eigenvalue weighted by Crippen LogP contribution is -2.10. The fourth-order valence-corrected chi connectivity index (χ4v) is 1.42. The van der Waals surface area contributed by atoms with Crippen molar-refractivity contribution in [3.8, 4) is 0 Å². The van der Waals surface area contributed by atoms with Crippen LogP contribution in [0.5, 0.6) is 0 Å². The fraction of sp³-hybridized carbons (Fsp3) is 0.429. The molecular formula is C7H10N2O2S. The van der Waals surface area contributed by atoms with Gasteiger partial charge >= 0.3 is 5.97 Å². The molecule has 5 heteroatoms. The maximum Gasteiger partial charge on any atom is 0.354 e. The van der Waals surface area contributed by atoms with Gasteiger partial charge in [0.1, 0.15) is 5.69 Å². The zero-order valence-electron chi connectivity index (χ0n) is 6.87. The first-order valence-corrected chi connectivity index (χ1v) is 3.98. The van der Waals surface area contributed by atoms with Gasteiger partial charge in [-0.05, 0) is 26.1 Å². The first kappa shape index (κ1) is 8.99. The molecule has 1 rings (SSSR count). The summed E-state index contributed by atoms with van der Waals surface area (Å²) >= 11 is 4.91. The molecule has 0 aliphatic carbocycles. The molecule has 0 aromatic carbocycles. The van der Waals surface area contributed by atoms with Crippen LogP contribution in [-0.2, 0) is 0 Å². The highest BCUT2D eigenvalue weighted by Crippen LogP contribution is 2.10. The molecule has 0 atom stereocenters. The van der Waals surface area contributed by atoms with Gasteiger partial charge in [0.2, 0.25) is 0 Å². The Morgan fingerprint density at radius 2 is 2.33 bits per heavy atom. The molecule has 0 radical (unpaired) electrons. The lowest BCUT2D eigenvalue weighted by Gasteiger charge is -2.08. The third-order valence-electron chi connectivity index (χ3n) is 1.55. The number of hydrogen-bond acceptors (Lipinski definition) is 2. The Labute approximate surface area is 74.8 Å². The van der Waals surface area contributed by atoms with E-state index in [0.29, 0.717) is 4.77 Å². The summed E-state index contributed by atoms with van der Waals surface area (Å²) in [5, 5.41) is 8.74. The Morgan fingerprint density at radius 1 is 1.75 bits per heavy atom. The third kappa shape index (κ3) is 1.40. The first-order chi connectivity index (χ1) is 5.54. The average molecular weight is 186 g/mol. The van der Waals surface area contributed by atoms with Gasteiger partial charge in [-0.3, -0.25) is 0 Å². The Bertz CT molecular complexity index is 351. The van der Waals surface area contributed by atoms with Crippen molar-refractivity contribution in [2.75, 3.05) is 0 Å². The fourth-order valence-electron chi connectivity index (χ4n) is 1.06. The van der Waals surface area contributed by atoms with Gasteiger partial charge in [-0.1, -0.05) is 0 Å². The highest BCUT2D eigenvalue weighted by molar-refractivity contribution is 7.71. The number of aromatic nitrogens is 2. The number of carboxylic acids is 1. The summed E-state index contributed by atoms with van der Waals surface area (Å²) in [6.45, 7) is 3.77. The molecule has 0 saturated carbocycles. The zero-order valence-corrected chi connectivity index (χ0v) is 7.68. The van der Waals surface area contributed by atoms with Crippen LogP contribution in [0.3, 0.4) is 0 Å². The van der Waals surface area contributed by atoms with E-state index in [-0.39, 0.29) is 11.7 Å². The molecule has 0 amide bonds. The number of imidazole rings is 1. The predicted octanol–water partition coefficient (Wildman–Crippen LogP) is 1.82. The molecule has 4 nitrogen and oxygen atoms in total. The van der Waals surface area contributed by atoms with E-state index in [1.807, 2.05) is 13.8 Å². The molecule has 2 N–H and O–H groups in total. The number of rotatable bonds is 2. The van der Waals surface area contributed by atoms with E-state index >= 15 is 0 Å². The molecule has 0 bridgehead atoms. The summed E-state index contributed by atoms with van der Waals surface area (Å²) in [7, 11) is 0. The second-order valence-electron chi connectivity index (χ2n) is 2.75. The molecule has 0 fully saturated rings. The van der Waals surface area contributed by atoms with Crippen molar-refractivity contribution in [3.63, 3.8) is 0 Å². The van der Waals surface area contributed by atoms with Gasteiger partial charge in [0.25, 0.3) is 0 Å². The van der Waals surface area contributed by atoms with Crippen molar-refractivity contribution >= 4 is 18.2 Å². The standard InChI is InChI=1S/C7H10N2O2S/c1-4(2)9-5(6(10)11)3-8-7(9)12/h3-4H,1-2H3,(H,8,12)(H,10,11). The van der Waals surface area contributed by atoms with Crippen LogP contribution in [0.15, 0.2) is 6.20 Å². The largest absolute Gasteiger partial charge is 0.477 e. The van der Waals surface area contributed by atoms with Crippen LogP contribution in [0, 0.1) is 4.77 Å². The molecule has 0 saturated heterocycles. The Kier molecular flexibility index (Phi) is 2.32. The van der Waals surface area contributed by atoms with Crippen LogP contribution < -0.4 is 0 Å². The predicted molar refractivity (Wildman–Crippen MR) is 47.0 cm³/mol. The Balaban J connectivity index is 3.31. The van der Waals surface area contributed by atoms with Crippen LogP contribution in [0.2, 0.25) is 0 Å². The Hall–Kier alpha value is -1.10. The Morgan fingerprint density at radius 3 is 2.67 bits per heavy atom. The van der Waals surface area contributed by atoms with Crippen LogP contribution >= 0.6 is 12.2 Å². The van der Waals surface area contributed by atoms with Crippen LogP contribution in [-0.4, -0.2) is 20.6 Å². The normalized spacial score (nSPS) is 10.6. The first-order valence-electron chi connectivity index (χ1n) is 3.57. The molecule has 0 spiro atoms. The summed E-state index contributed by atoms with van der Waals surface area (Å²) in [5.41, 5.74) is 0.204. The molecule has 66 valence electrons. The van der Waals surface area contributed by atoms with Gasteiger partial charge in [-0.2, -0.15) is 0 Å². The lowest BCUT2D eigenvalue weighted by atomic mass is 10.3. The number of nitrogens with zero attached hydrogens (tertiary/aromatic N) is 1. The van der Waals surface area contributed by atoms with E-state index in [1.54, 1.807) is 4.57 Å². The molecule has 0 unspecified atom stereocenters. The van der Waals surface area contributed by atoms with Gasteiger partial charge in [0, 0.05) is 12.2 Å². The summed E-state index contributed by atoms with van der Waals surface area (Å²) in [5.74, 6) is -0.962. The van der Waals surface area contributed by atoms with Crippen molar-refractivity contribution in [1.29, 1.82) is 0 Å². The quantitative estimate of drug-likeness (QED) is 0.693. The van der Waals surface area contributed by atoms with E-state index in [4.69, 9.17) is 17.3 Å². The SMILES string of the molecule is CC(C)n1c(C(=O)O)c[nH]c1=S. The van der Waals surface area contributed by atoms with Gasteiger partial charge < -0.3 is 14.7 Å². The van der Waals surface area contributed by atoms with Crippen LogP contribution in [0.1, 0.15) is 30.4 Å². The van der Waals surface area contributed by atoms with Crippen molar-refractivity contribution in [2.24, 2.45) is 0 Å². The van der Waals surface area contributed by atoms with Crippen molar-refractivity contribution in [3.05, 3.63) is 16.7 Å². The number of aromatic amines is 1. The summed E-state index contributed by atoms with van der Waals surface area (Å²) in [6.07, 6.45) is 1.41. The van der Waals surface area contributed by atoms with Gasteiger partial charge in [0.15, 0.2) is 4.77 Å². The average Bonchev–Trinajstić information content (AvgIpc) is 2.30. The number of carbonyl (C=O) groups is 1. The number of carboxylic acid groups (broad SMARTS) is 1. The minimum atomic E-state index is -0.962. The second kappa shape index (κ2) is 3.10. The van der Waals surface area contributed by atoms with E-state index in [0.717, 1.165) is 0 Å². The summed E-state index contributed by atoms with van der Waals surface area (Å²) in [6, 6.07) is 0.0647. The minimum absolute atomic E-state index is 0.0647. The zero-order chi connectivity index (χ0) is 9.30. The highest BCUT2D eigenvalue weighted by atomic mass is 32.1. The number of nitrogens with one attached hydrogen (secondary N) is 1. The number of H-pyrrole nitrogens is 1. The van der Waals surface area contributed by atoms with Crippen molar-refractivity contribution in [2.45, 2.75) is 19.9 Å². The minimum Gasteiger partial charge on any atom is -0.477 e. The molecular weight excluding hydrogens is 176 g/mol. The third-order valence-corrected chi connectivity index (χ3v) is 1.86. The van der Waals surface area contributed by atoms with Crippen molar-refractivity contribution in [1.82, 2.24) is 9.55 Å². The monoisotopic (exact) mass is 186 g/mol.